The molecule has 0 aliphatic heterocycles. The molecule has 1 fully saturated rings. The summed E-state index contributed by atoms with van der Waals surface area (Å²) in [5, 5.41) is 2.86. The molecule has 3 N–H and O–H groups in total. The number of nitrogens with two attached hydrogens (primary N) is 1. The minimum atomic E-state index is -0.564. The second kappa shape index (κ2) is 6.74. The first kappa shape index (κ1) is 14.8. The first-order valence-corrected chi connectivity index (χ1v) is 7.37. The molecule has 1 aromatic rings. The molecule has 0 heterocycles. The van der Waals surface area contributed by atoms with Crippen molar-refractivity contribution in [2.45, 2.75) is 31.7 Å². The predicted octanol–water partition coefficient (Wildman–Crippen LogP) is 2.25. The number of nitrogens with one attached hydrogen (secondary N) is 1. The lowest BCUT2D eigenvalue weighted by Crippen LogP contribution is -2.35. The molecular formula is C14H17BrN2O3. The summed E-state index contributed by atoms with van der Waals surface area (Å²) in [5.74, 6) is -0.823. The topological polar surface area (TPSA) is 81.4 Å². The Balaban J connectivity index is 1.85. The third-order valence-corrected chi connectivity index (χ3v) is 3.96. The SMILES string of the molecule is Nc1ccc(Br)c(C(=O)OCC(=O)NC2CCCC2)c1. The van der Waals surface area contributed by atoms with Crippen molar-refractivity contribution >= 4 is 33.5 Å². The highest BCUT2D eigenvalue weighted by molar-refractivity contribution is 9.10. The Hall–Kier alpha value is -1.56. The summed E-state index contributed by atoms with van der Waals surface area (Å²) in [6.45, 7) is -0.267. The van der Waals surface area contributed by atoms with Gasteiger partial charge in [-0.25, -0.2) is 4.79 Å². The second-order valence-electron chi connectivity index (χ2n) is 4.86. The first-order chi connectivity index (χ1) is 9.56. The molecule has 0 radical (unpaired) electrons. The largest absolute Gasteiger partial charge is 0.452 e. The van der Waals surface area contributed by atoms with Crippen LogP contribution in [0.5, 0.6) is 0 Å². The van der Waals surface area contributed by atoms with Crippen molar-refractivity contribution in [3.63, 3.8) is 0 Å². The van der Waals surface area contributed by atoms with Crippen LogP contribution in [0.25, 0.3) is 0 Å². The lowest BCUT2D eigenvalue weighted by Gasteiger charge is -2.12. The lowest BCUT2D eigenvalue weighted by atomic mass is 10.2. The Morgan fingerprint density at radius 2 is 2.05 bits per heavy atom. The fourth-order valence-electron chi connectivity index (χ4n) is 2.25. The van der Waals surface area contributed by atoms with Crippen LogP contribution in [0, 0.1) is 0 Å². The average molecular weight is 341 g/mol. The van der Waals surface area contributed by atoms with Crippen LogP contribution in [0.1, 0.15) is 36.0 Å². The highest BCUT2D eigenvalue weighted by Crippen LogP contribution is 2.20. The highest BCUT2D eigenvalue weighted by Gasteiger charge is 2.18. The van der Waals surface area contributed by atoms with E-state index < -0.39 is 5.97 Å². The maximum Gasteiger partial charge on any atom is 0.339 e. The number of benzene rings is 1. The van der Waals surface area contributed by atoms with Gasteiger partial charge >= 0.3 is 5.97 Å². The number of esters is 1. The number of halogens is 1. The van der Waals surface area contributed by atoms with Gasteiger partial charge < -0.3 is 15.8 Å². The smallest absolute Gasteiger partial charge is 0.339 e. The number of rotatable bonds is 4. The average Bonchev–Trinajstić information content (AvgIpc) is 2.91. The predicted molar refractivity (Wildman–Crippen MR) is 79.2 cm³/mol. The molecule has 2 rings (SSSR count). The van der Waals surface area contributed by atoms with E-state index in [2.05, 4.69) is 21.2 Å². The van der Waals surface area contributed by atoms with E-state index in [1.54, 1.807) is 12.1 Å². The molecule has 1 amide bonds. The van der Waals surface area contributed by atoms with Crippen LogP contribution in [0.3, 0.4) is 0 Å². The maximum absolute atomic E-state index is 11.9. The quantitative estimate of drug-likeness (QED) is 0.650. The van der Waals surface area contributed by atoms with Crippen molar-refractivity contribution < 1.29 is 14.3 Å². The van der Waals surface area contributed by atoms with Gasteiger partial charge in [-0.05, 0) is 47.0 Å². The Kier molecular flexibility index (Phi) is 5.00. The molecule has 108 valence electrons. The molecule has 1 aromatic carbocycles. The van der Waals surface area contributed by atoms with Crippen molar-refractivity contribution in [1.82, 2.24) is 5.32 Å². The van der Waals surface area contributed by atoms with Crippen molar-refractivity contribution in [3.05, 3.63) is 28.2 Å². The molecule has 0 atom stereocenters. The molecule has 0 bridgehead atoms. The minimum Gasteiger partial charge on any atom is -0.452 e. The van der Waals surface area contributed by atoms with Crippen molar-refractivity contribution in [1.29, 1.82) is 0 Å². The van der Waals surface area contributed by atoms with Gasteiger partial charge in [-0.15, -0.1) is 0 Å². The van der Waals surface area contributed by atoms with Gasteiger partial charge in [0.25, 0.3) is 5.91 Å². The molecule has 6 heteroatoms. The van der Waals surface area contributed by atoms with Crippen LogP contribution in [0.2, 0.25) is 0 Å². The fraction of sp³-hybridized carbons (Fsp3) is 0.429. The Morgan fingerprint density at radius 1 is 1.35 bits per heavy atom. The molecule has 5 nitrogen and oxygen atoms in total. The Bertz CT molecular complexity index is 513. The van der Waals surface area contributed by atoms with E-state index in [1.165, 1.54) is 6.07 Å². The summed E-state index contributed by atoms with van der Waals surface area (Å²) >= 11 is 3.25. The summed E-state index contributed by atoms with van der Waals surface area (Å²) in [4.78, 5) is 23.5. The number of carbonyl (C=O) groups is 2. The maximum atomic E-state index is 11.9. The normalized spacial score (nSPS) is 15.1. The van der Waals surface area contributed by atoms with Crippen LogP contribution < -0.4 is 11.1 Å². The number of hydrogen-bond acceptors (Lipinski definition) is 4. The first-order valence-electron chi connectivity index (χ1n) is 6.58. The van der Waals surface area contributed by atoms with Gasteiger partial charge in [0.1, 0.15) is 0 Å². The number of hydrogen-bond donors (Lipinski definition) is 2. The lowest BCUT2D eigenvalue weighted by molar-refractivity contribution is -0.124. The van der Waals surface area contributed by atoms with Gasteiger partial charge in [0.05, 0.1) is 5.56 Å². The zero-order valence-electron chi connectivity index (χ0n) is 11.0. The van der Waals surface area contributed by atoms with E-state index in [4.69, 9.17) is 10.5 Å². The molecule has 20 heavy (non-hydrogen) atoms. The Labute approximate surface area is 126 Å². The molecular weight excluding hydrogens is 324 g/mol. The second-order valence-corrected chi connectivity index (χ2v) is 5.72. The van der Waals surface area contributed by atoms with Crippen LogP contribution in [0.4, 0.5) is 5.69 Å². The third-order valence-electron chi connectivity index (χ3n) is 3.26. The van der Waals surface area contributed by atoms with Crippen molar-refractivity contribution in [3.8, 4) is 0 Å². The van der Waals surface area contributed by atoms with E-state index in [-0.39, 0.29) is 18.6 Å². The molecule has 0 saturated heterocycles. The van der Waals surface area contributed by atoms with Gasteiger partial charge in [-0.3, -0.25) is 4.79 Å². The van der Waals surface area contributed by atoms with Gasteiger partial charge in [-0.2, -0.15) is 0 Å². The molecule has 1 aliphatic carbocycles. The van der Waals surface area contributed by atoms with Crippen LogP contribution in [-0.4, -0.2) is 24.5 Å². The van der Waals surface area contributed by atoms with Gasteiger partial charge in [0.2, 0.25) is 0 Å². The van der Waals surface area contributed by atoms with E-state index in [0.29, 0.717) is 15.7 Å². The van der Waals surface area contributed by atoms with Gasteiger partial charge in [0.15, 0.2) is 6.61 Å². The zero-order chi connectivity index (χ0) is 14.5. The zero-order valence-corrected chi connectivity index (χ0v) is 12.6. The van der Waals surface area contributed by atoms with Crippen molar-refractivity contribution in [2.24, 2.45) is 0 Å². The number of anilines is 1. The summed E-state index contributed by atoms with van der Waals surface area (Å²) in [6.07, 6.45) is 4.28. The Morgan fingerprint density at radius 3 is 2.75 bits per heavy atom. The van der Waals surface area contributed by atoms with Gasteiger partial charge in [-0.1, -0.05) is 12.8 Å². The van der Waals surface area contributed by atoms with Crippen LogP contribution in [-0.2, 0) is 9.53 Å². The minimum absolute atomic E-state index is 0.223. The van der Waals surface area contributed by atoms with Gasteiger partial charge in [0, 0.05) is 16.2 Å². The van der Waals surface area contributed by atoms with E-state index in [1.807, 2.05) is 0 Å². The summed E-state index contributed by atoms with van der Waals surface area (Å²) in [6, 6.07) is 5.08. The van der Waals surface area contributed by atoms with Crippen LogP contribution in [0.15, 0.2) is 22.7 Å². The summed E-state index contributed by atoms with van der Waals surface area (Å²) in [7, 11) is 0. The molecule has 0 spiro atoms. The highest BCUT2D eigenvalue weighted by atomic mass is 79.9. The van der Waals surface area contributed by atoms with E-state index >= 15 is 0 Å². The molecule has 0 unspecified atom stereocenters. The summed E-state index contributed by atoms with van der Waals surface area (Å²) < 4.78 is 5.59. The van der Waals surface area contributed by atoms with E-state index in [9.17, 15) is 9.59 Å². The standard InChI is InChI=1S/C14H17BrN2O3/c15-12-6-5-9(16)7-11(12)14(19)20-8-13(18)17-10-3-1-2-4-10/h5-7,10H,1-4,8,16H2,(H,17,18). The van der Waals surface area contributed by atoms with Crippen molar-refractivity contribution in [2.75, 3.05) is 12.3 Å². The monoisotopic (exact) mass is 340 g/mol. The molecule has 1 aliphatic rings. The number of amides is 1. The summed E-state index contributed by atoms with van der Waals surface area (Å²) in [5.41, 5.74) is 6.41. The third kappa shape index (κ3) is 3.96. The van der Waals surface area contributed by atoms with E-state index in [0.717, 1.165) is 25.7 Å². The van der Waals surface area contributed by atoms with Crippen LogP contribution >= 0.6 is 15.9 Å². The number of ether oxygens (including phenoxy) is 1. The number of carbonyl (C=O) groups excluding carboxylic acids is 2. The fourth-order valence-corrected chi connectivity index (χ4v) is 2.66. The molecule has 0 aromatic heterocycles. The number of nitrogen functional groups attached to an aromatic ring is 1. The molecule has 1 saturated carbocycles.